The first-order chi connectivity index (χ1) is 41.9. The van der Waals surface area contributed by atoms with E-state index in [1.165, 1.54) is 0 Å². The summed E-state index contributed by atoms with van der Waals surface area (Å²) >= 11 is 2.11. The number of urea groups is 2. The predicted molar refractivity (Wildman–Crippen MR) is 321 cm³/mol. The molecule has 0 unspecified atom stereocenters. The normalized spacial score (nSPS) is 12.8. The Morgan fingerprint density at radius 2 is 0.852 bits per heavy atom. The van der Waals surface area contributed by atoms with Gasteiger partial charge in [0.25, 0.3) is 21.7 Å². The van der Waals surface area contributed by atoms with Crippen molar-refractivity contribution in [2.75, 3.05) is 73.8 Å². The molecule has 1 aliphatic heterocycles. The minimum Gasteiger partial charge on any atom is -0.502 e. The van der Waals surface area contributed by atoms with Gasteiger partial charge in [0.1, 0.15) is 58.0 Å². The molecule has 4 atom stereocenters. The zero-order valence-corrected chi connectivity index (χ0v) is 48.5. The molecular weight excluding hydrogens is 1200 g/mol. The van der Waals surface area contributed by atoms with E-state index in [-0.39, 0.29) is 63.4 Å². The molecule has 5 aromatic carbocycles. The van der Waals surface area contributed by atoms with Crippen LogP contribution in [0.5, 0.6) is 11.5 Å². The minimum absolute atomic E-state index is 0.0481. The molecule has 1 aromatic heterocycles. The Morgan fingerprint density at radius 3 is 1.19 bits per heavy atom. The van der Waals surface area contributed by atoms with Gasteiger partial charge < -0.3 is 83.0 Å². The molecule has 0 spiro atoms. The maximum atomic E-state index is 12.8. The fourth-order valence-corrected chi connectivity index (χ4v) is 10.2. The number of fused-ring (bicyclic) bond motifs is 2. The molecule has 2 heterocycles. The van der Waals surface area contributed by atoms with Gasteiger partial charge >= 0.3 is 35.9 Å². The third kappa shape index (κ3) is 16.1. The number of aromatic nitrogens is 2. The van der Waals surface area contributed by atoms with E-state index in [9.17, 15) is 88.2 Å². The number of carboxylic acids is 4. The number of nitrogens with zero attached hydrogens (tertiary/aromatic N) is 6. The summed E-state index contributed by atoms with van der Waals surface area (Å²) in [5, 5.41) is 75.8. The van der Waals surface area contributed by atoms with Gasteiger partial charge in [-0.05, 0) is 73.9 Å². The highest BCUT2D eigenvalue weighted by Crippen LogP contribution is 2.52. The van der Waals surface area contributed by atoms with Crippen molar-refractivity contribution in [2.24, 2.45) is 8.73 Å². The summed E-state index contributed by atoms with van der Waals surface area (Å²) in [5.74, 6) is -8.06. The third-order valence-corrected chi connectivity index (χ3v) is 15.2. The number of carbonyl (C=O) groups excluding carboxylic acids is 4. The fraction of sp³-hybridized carbons (Fsp3) is 0.370. The lowest BCUT2D eigenvalue weighted by Gasteiger charge is -2.20. The molecule has 34 heteroatoms. The van der Waals surface area contributed by atoms with Crippen LogP contribution in [0.2, 0.25) is 0 Å². The van der Waals surface area contributed by atoms with Crippen molar-refractivity contribution in [3.63, 3.8) is 0 Å². The van der Waals surface area contributed by atoms with Gasteiger partial charge in [-0.1, -0.05) is 24.3 Å². The van der Waals surface area contributed by atoms with Crippen molar-refractivity contribution in [3.05, 3.63) is 89.4 Å². The first-order valence-corrected chi connectivity index (χ1v) is 28.6. The fourth-order valence-electron chi connectivity index (χ4n) is 9.07. The smallest absolute Gasteiger partial charge is 0.328 e. The van der Waals surface area contributed by atoms with Crippen LogP contribution in [0.25, 0.3) is 33.3 Å². The molecule has 7 rings (SSSR count). The number of aromatic hydroxyl groups is 2. The number of rotatable bonds is 34. The topological polar surface area (TPSA) is 479 Å². The van der Waals surface area contributed by atoms with E-state index in [4.69, 9.17) is 0 Å². The molecule has 6 amide bonds. The van der Waals surface area contributed by atoms with Crippen LogP contribution < -0.4 is 74.0 Å². The number of nitrogens with one attached hydrogen (secondary N) is 8. The zero-order valence-electron chi connectivity index (χ0n) is 46.9. The molecule has 466 valence electrons. The minimum atomic E-state index is -1.66. The molecule has 0 fully saturated rings. The molecule has 0 saturated heterocycles. The number of amides is 6. The summed E-state index contributed by atoms with van der Waals surface area (Å²) in [6.07, 6.45) is 1.45. The zero-order chi connectivity index (χ0) is 63.9. The average molecular weight is 1260 g/mol. The molecule has 0 radical (unpaired) electrons. The molecule has 0 bridgehead atoms. The molecule has 0 aliphatic carbocycles. The number of hydrogen-bond donors (Lipinski definition) is 14. The van der Waals surface area contributed by atoms with E-state index in [1.54, 1.807) is 0 Å². The largest absolute Gasteiger partial charge is 0.502 e. The standard InChI is InChI=1S/C54H60N14O18S2/c1-67(21-17-33(69)55-19-5-3-7-29(49(77)78)59-53(85)61-31(51(81)82)23-57-41-43(71)47(75)44(41)72)27-13-9-25(10-14-27)35-37-39(65-87-63-37)36(40-38(35)64-88-66-40)26-11-15-28(16-12-26)68(2)22-18-34(70)56-20-6-4-8-30(50(79)80)60-54(86)62-32(52(83)84)24-58-42-45(73)48(76)46(42)74/h9-16,29-32,57-58,71,73H,3-8,17-24H2,1-2H3,(H,55,69)(H,56,70)(H,77,78)(H,79,80)(H,81,82)(H,83,84)(H2,59,61,85)(H2,60,62,86)/t29-,30-,31-,32-/m0/s1. The van der Waals surface area contributed by atoms with E-state index >= 15 is 0 Å². The van der Waals surface area contributed by atoms with Crippen molar-refractivity contribution in [3.8, 4) is 33.8 Å². The van der Waals surface area contributed by atoms with Gasteiger partial charge in [0.05, 0.1) is 23.1 Å². The van der Waals surface area contributed by atoms with Gasteiger partial charge in [0, 0.05) is 88.7 Å². The maximum absolute atomic E-state index is 12.8. The van der Waals surface area contributed by atoms with E-state index in [2.05, 4.69) is 60.0 Å². The first kappa shape index (κ1) is 65.2. The molecule has 0 saturated carbocycles. The van der Waals surface area contributed by atoms with E-state index in [0.29, 0.717) is 48.3 Å². The van der Waals surface area contributed by atoms with Crippen LogP contribution >= 0.6 is 11.7 Å². The van der Waals surface area contributed by atoms with Crippen LogP contribution in [0.1, 0.15) is 51.4 Å². The summed E-state index contributed by atoms with van der Waals surface area (Å²) < 4.78 is 18.7. The van der Waals surface area contributed by atoms with Gasteiger partial charge in [-0.25, -0.2) is 28.8 Å². The molecule has 1 aliphatic rings. The van der Waals surface area contributed by atoms with Gasteiger partial charge in [-0.15, -0.1) is 0 Å². The Kier molecular flexibility index (Phi) is 21.9. The SMILES string of the molecule is CN(CCC(=O)NCCCC[C@H](NC(=O)N[C@@H](CNc1c(O)c(=O)c1=O)C(=O)O)C(=O)O)c1ccc(-c2c3c(c(-c4ccc(N(C)CCC(=O)NCCCC[C@H](NC(=O)N[C@@H](CNc5c(O)c(=O)c5=O)C(=O)O)C(=O)O)cc4)c4nsnc24)N=S=N3)cc1. The lowest BCUT2D eigenvalue weighted by atomic mass is 9.93. The summed E-state index contributed by atoms with van der Waals surface area (Å²) in [6.45, 7) is -0.0382. The number of unbranched alkanes of at least 4 members (excludes halogenated alkanes) is 2. The number of anilines is 4. The second-order valence-electron chi connectivity index (χ2n) is 20.1. The lowest BCUT2D eigenvalue weighted by molar-refractivity contribution is -0.140. The van der Waals surface area contributed by atoms with Crippen LogP contribution in [0.3, 0.4) is 0 Å². The number of benzene rings is 3. The van der Waals surface area contributed by atoms with Crippen LogP contribution in [0.4, 0.5) is 43.7 Å². The predicted octanol–water partition coefficient (Wildman–Crippen LogP) is 1.22. The van der Waals surface area contributed by atoms with Crippen LogP contribution in [-0.2, 0) is 40.1 Å². The molecule has 6 aromatic rings. The highest BCUT2D eigenvalue weighted by atomic mass is 32.1. The van der Waals surface area contributed by atoms with Crippen LogP contribution in [-0.4, -0.2) is 165 Å². The second-order valence-corrected chi connectivity index (χ2v) is 21.2. The Hall–Kier alpha value is -10.4. The summed E-state index contributed by atoms with van der Waals surface area (Å²) in [4.78, 5) is 147. The molecule has 88 heavy (non-hydrogen) atoms. The van der Waals surface area contributed by atoms with Crippen molar-refractivity contribution in [2.45, 2.75) is 75.5 Å². The molecular formula is C54H60N14O18S2. The van der Waals surface area contributed by atoms with Gasteiger partial charge in [-0.3, -0.25) is 28.8 Å². The Bertz CT molecular complexity index is 3610. The molecule has 14 N–H and O–H groups in total. The van der Waals surface area contributed by atoms with E-state index < -0.39 is 118 Å². The van der Waals surface area contributed by atoms with Crippen molar-refractivity contribution in [1.29, 1.82) is 0 Å². The number of aliphatic carboxylic acids is 4. The Balaban J connectivity index is 0.825. The second kappa shape index (κ2) is 29.6. The first-order valence-electron chi connectivity index (χ1n) is 27.1. The molecule has 32 nitrogen and oxygen atoms in total. The average Bonchev–Trinajstić information content (AvgIpc) is 3.37. The van der Waals surface area contributed by atoms with Crippen LogP contribution in [0, 0.1) is 0 Å². The lowest BCUT2D eigenvalue weighted by Crippen LogP contribution is -2.53. The van der Waals surface area contributed by atoms with E-state index in [0.717, 1.165) is 56.7 Å². The van der Waals surface area contributed by atoms with Crippen molar-refractivity contribution >= 4 is 116 Å². The Morgan fingerprint density at radius 1 is 0.500 bits per heavy atom. The number of carbonyl (C=O) groups is 8. The summed E-state index contributed by atoms with van der Waals surface area (Å²) in [5.41, 5.74) is 1.94. The number of carboxylic acid groups (broad SMARTS) is 4. The summed E-state index contributed by atoms with van der Waals surface area (Å²) in [6, 6.07) is 6.98. The van der Waals surface area contributed by atoms with E-state index in [1.807, 2.05) is 72.4 Å². The summed E-state index contributed by atoms with van der Waals surface area (Å²) in [7, 11) is 3.67. The van der Waals surface area contributed by atoms with Gasteiger partial charge in [0.2, 0.25) is 11.8 Å². The number of hydrogen-bond acceptors (Lipinski definition) is 23. The quantitative estimate of drug-likeness (QED) is 0.0199. The monoisotopic (exact) mass is 1260 g/mol. The van der Waals surface area contributed by atoms with Crippen LogP contribution in [0.15, 0.2) is 76.4 Å². The van der Waals surface area contributed by atoms with Gasteiger partial charge in [0.15, 0.2) is 11.5 Å². The highest BCUT2D eigenvalue weighted by molar-refractivity contribution is 7.58. The highest BCUT2D eigenvalue weighted by Gasteiger charge is 2.30. The Labute approximate surface area is 504 Å². The van der Waals surface area contributed by atoms with Gasteiger partial charge in [-0.2, -0.15) is 17.5 Å². The van der Waals surface area contributed by atoms with Crippen molar-refractivity contribution in [1.82, 2.24) is 40.6 Å². The van der Waals surface area contributed by atoms with Crippen molar-refractivity contribution < 1.29 is 69.0 Å². The maximum Gasteiger partial charge on any atom is 0.328 e. The third-order valence-electron chi connectivity index (χ3n) is 14.1.